The van der Waals surface area contributed by atoms with Gasteiger partial charge < -0.3 is 5.32 Å². The molecule has 4 rings (SSSR count). The van der Waals surface area contributed by atoms with E-state index in [2.05, 4.69) is 15.5 Å². The van der Waals surface area contributed by atoms with Gasteiger partial charge in [-0.2, -0.15) is 10.2 Å². The van der Waals surface area contributed by atoms with Gasteiger partial charge in [0.2, 0.25) is 5.91 Å². The minimum atomic E-state index is -0.708. The lowest BCUT2D eigenvalue weighted by Gasteiger charge is -2.30. The highest BCUT2D eigenvalue weighted by Gasteiger charge is 2.28. The Bertz CT molecular complexity index is 1180. The highest BCUT2D eigenvalue weighted by atomic mass is 19.1. The summed E-state index contributed by atoms with van der Waals surface area (Å²) in [6.07, 6.45) is 0.979. The Kier molecular flexibility index (Phi) is 7.49. The number of rotatable bonds is 7. The van der Waals surface area contributed by atoms with E-state index >= 15 is 0 Å². The Labute approximate surface area is 196 Å². The van der Waals surface area contributed by atoms with Gasteiger partial charge in [0, 0.05) is 11.6 Å². The van der Waals surface area contributed by atoms with E-state index in [1.54, 1.807) is 24.3 Å². The minimum Gasteiger partial charge on any atom is -0.325 e. The van der Waals surface area contributed by atoms with Crippen LogP contribution in [0.5, 0.6) is 0 Å². The van der Waals surface area contributed by atoms with Gasteiger partial charge in [-0.15, -0.1) is 0 Å². The molecule has 0 atom stereocenters. The molecule has 0 aliphatic carbocycles. The van der Waals surface area contributed by atoms with Crippen molar-refractivity contribution in [1.29, 1.82) is 0 Å². The molecule has 0 aromatic heterocycles. The lowest BCUT2D eigenvalue weighted by Crippen LogP contribution is -2.40. The first-order valence-electron chi connectivity index (χ1n) is 11.1. The first kappa shape index (κ1) is 23.4. The topological polar surface area (TPSA) is 74.1 Å². The fourth-order valence-corrected chi connectivity index (χ4v) is 3.88. The van der Waals surface area contributed by atoms with Gasteiger partial charge in [0.25, 0.3) is 0 Å². The number of azo groups is 1. The fourth-order valence-electron chi connectivity index (χ4n) is 3.88. The summed E-state index contributed by atoms with van der Waals surface area (Å²) in [7, 11) is 0. The minimum absolute atomic E-state index is 0.167. The van der Waals surface area contributed by atoms with Crippen LogP contribution in [0.1, 0.15) is 23.2 Å². The van der Waals surface area contributed by atoms with Crippen LogP contribution in [-0.4, -0.2) is 36.2 Å². The number of amides is 1. The normalized spacial score (nSPS) is 14.9. The summed E-state index contributed by atoms with van der Waals surface area (Å²) >= 11 is 0. The molecule has 1 aliphatic heterocycles. The molecular weight excluding hydrogens is 438 g/mol. The molecule has 0 radical (unpaired) electrons. The summed E-state index contributed by atoms with van der Waals surface area (Å²) in [6.45, 7) is 1.24. The maximum atomic E-state index is 13.9. The summed E-state index contributed by atoms with van der Waals surface area (Å²) in [4.78, 5) is 27.0. The predicted octanol–water partition coefficient (Wildman–Crippen LogP) is 5.91. The number of benzene rings is 3. The number of hydrogen-bond donors (Lipinski definition) is 1. The predicted molar refractivity (Wildman–Crippen MR) is 126 cm³/mol. The summed E-state index contributed by atoms with van der Waals surface area (Å²) in [5, 5.41) is 11.2. The number of hydrogen-bond acceptors (Lipinski definition) is 5. The van der Waals surface area contributed by atoms with Gasteiger partial charge >= 0.3 is 0 Å². The van der Waals surface area contributed by atoms with Crippen molar-refractivity contribution in [3.8, 4) is 0 Å². The van der Waals surface area contributed by atoms with Gasteiger partial charge in [0.15, 0.2) is 5.78 Å². The highest BCUT2D eigenvalue weighted by Crippen LogP contribution is 2.24. The van der Waals surface area contributed by atoms with Gasteiger partial charge in [-0.3, -0.25) is 14.5 Å². The Morgan fingerprint density at radius 2 is 1.53 bits per heavy atom. The van der Waals surface area contributed by atoms with Crippen molar-refractivity contribution in [2.24, 2.45) is 16.1 Å². The van der Waals surface area contributed by atoms with Crippen molar-refractivity contribution in [1.82, 2.24) is 4.90 Å². The molecule has 174 valence electrons. The molecule has 3 aromatic carbocycles. The maximum absolute atomic E-state index is 13.9. The monoisotopic (exact) mass is 462 g/mol. The molecule has 1 aliphatic rings. The van der Waals surface area contributed by atoms with E-state index in [4.69, 9.17) is 0 Å². The zero-order valence-electron chi connectivity index (χ0n) is 18.5. The molecule has 0 unspecified atom stereocenters. The van der Waals surface area contributed by atoms with E-state index in [1.165, 1.54) is 0 Å². The number of piperidine rings is 1. The van der Waals surface area contributed by atoms with Gasteiger partial charge in [-0.25, -0.2) is 8.78 Å². The van der Waals surface area contributed by atoms with Gasteiger partial charge in [0.05, 0.1) is 23.5 Å². The SMILES string of the molecule is O=C(CN1CCC(C(=O)c2cc(F)ccc2F)CC1)Nc1ccc(N=Nc2ccccc2)cc1. The number of carbonyl (C=O) groups is 2. The third kappa shape index (κ3) is 6.17. The summed E-state index contributed by atoms with van der Waals surface area (Å²) in [5.41, 5.74) is 1.87. The molecule has 0 spiro atoms. The molecule has 34 heavy (non-hydrogen) atoms. The number of likely N-dealkylation sites (tertiary alicyclic amines) is 1. The van der Waals surface area contributed by atoms with Crippen molar-refractivity contribution in [2.45, 2.75) is 12.8 Å². The van der Waals surface area contributed by atoms with E-state index in [0.29, 0.717) is 37.3 Å². The second kappa shape index (κ2) is 10.9. The Balaban J connectivity index is 1.24. The first-order valence-corrected chi connectivity index (χ1v) is 11.1. The number of anilines is 1. The van der Waals surface area contributed by atoms with Crippen LogP contribution in [0.15, 0.2) is 83.0 Å². The van der Waals surface area contributed by atoms with Crippen LogP contribution in [0.4, 0.5) is 25.8 Å². The third-order valence-electron chi connectivity index (χ3n) is 5.71. The van der Waals surface area contributed by atoms with Crippen molar-refractivity contribution in [3.63, 3.8) is 0 Å². The zero-order valence-corrected chi connectivity index (χ0v) is 18.5. The van der Waals surface area contributed by atoms with Crippen LogP contribution < -0.4 is 5.32 Å². The highest BCUT2D eigenvalue weighted by molar-refractivity contribution is 5.98. The number of nitrogens with one attached hydrogen (secondary N) is 1. The summed E-state index contributed by atoms with van der Waals surface area (Å²) in [5.74, 6) is -2.27. The number of carbonyl (C=O) groups excluding carboxylic acids is 2. The first-order chi connectivity index (χ1) is 16.5. The molecule has 1 saturated heterocycles. The second-order valence-corrected chi connectivity index (χ2v) is 8.17. The lowest BCUT2D eigenvalue weighted by atomic mass is 9.88. The summed E-state index contributed by atoms with van der Waals surface area (Å²) < 4.78 is 27.3. The molecule has 6 nitrogen and oxygen atoms in total. The van der Waals surface area contributed by atoms with Crippen LogP contribution >= 0.6 is 0 Å². The van der Waals surface area contributed by atoms with Crippen molar-refractivity contribution >= 4 is 28.8 Å². The van der Waals surface area contributed by atoms with Gasteiger partial charge in [-0.1, -0.05) is 18.2 Å². The third-order valence-corrected chi connectivity index (χ3v) is 5.71. The molecule has 0 bridgehead atoms. The fraction of sp³-hybridized carbons (Fsp3) is 0.231. The number of Topliss-reactive ketones (excluding diaryl/α,β-unsaturated/α-hetero) is 1. The number of halogens is 2. The van der Waals surface area contributed by atoms with E-state index in [1.807, 2.05) is 35.2 Å². The molecule has 0 saturated carbocycles. The van der Waals surface area contributed by atoms with Crippen LogP contribution in [0, 0.1) is 17.6 Å². The van der Waals surface area contributed by atoms with Crippen LogP contribution in [-0.2, 0) is 4.79 Å². The molecule has 1 amide bonds. The average molecular weight is 463 g/mol. The second-order valence-electron chi connectivity index (χ2n) is 8.17. The van der Waals surface area contributed by atoms with E-state index in [0.717, 1.165) is 23.9 Å². The lowest BCUT2D eigenvalue weighted by molar-refractivity contribution is -0.117. The molecule has 1 heterocycles. The van der Waals surface area contributed by atoms with Crippen LogP contribution in [0.25, 0.3) is 0 Å². The Hall–Kier alpha value is -3.78. The van der Waals surface area contributed by atoms with E-state index in [9.17, 15) is 18.4 Å². The molecule has 1 N–H and O–H groups in total. The largest absolute Gasteiger partial charge is 0.325 e. The Morgan fingerprint density at radius 1 is 0.882 bits per heavy atom. The quantitative estimate of drug-likeness (QED) is 0.350. The van der Waals surface area contributed by atoms with E-state index < -0.39 is 11.6 Å². The molecule has 8 heteroatoms. The average Bonchev–Trinajstić information content (AvgIpc) is 2.86. The summed E-state index contributed by atoms with van der Waals surface area (Å²) in [6, 6.07) is 19.4. The van der Waals surface area contributed by atoms with Crippen LogP contribution in [0.3, 0.4) is 0 Å². The van der Waals surface area contributed by atoms with Crippen molar-refractivity contribution in [3.05, 3.63) is 90.0 Å². The maximum Gasteiger partial charge on any atom is 0.238 e. The van der Waals surface area contributed by atoms with Gasteiger partial charge in [-0.05, 0) is 80.5 Å². The van der Waals surface area contributed by atoms with Crippen molar-refractivity contribution < 1.29 is 18.4 Å². The van der Waals surface area contributed by atoms with Gasteiger partial charge in [0.1, 0.15) is 11.6 Å². The smallest absolute Gasteiger partial charge is 0.238 e. The Morgan fingerprint density at radius 3 is 2.21 bits per heavy atom. The van der Waals surface area contributed by atoms with E-state index in [-0.39, 0.29) is 29.7 Å². The zero-order chi connectivity index (χ0) is 23.9. The molecule has 1 fully saturated rings. The molecular formula is C26H24F2N4O2. The number of ketones is 1. The molecule has 3 aromatic rings. The van der Waals surface area contributed by atoms with Crippen molar-refractivity contribution in [2.75, 3.05) is 25.0 Å². The standard InChI is InChI=1S/C26H24F2N4O2/c27-19-6-11-24(28)23(16-19)26(34)18-12-14-32(15-13-18)17-25(33)29-20-7-9-22(10-8-20)31-30-21-4-2-1-3-5-21/h1-11,16,18H,12-15,17H2,(H,29,33). The number of nitrogens with zero attached hydrogens (tertiary/aromatic N) is 3. The van der Waals surface area contributed by atoms with Crippen LogP contribution in [0.2, 0.25) is 0 Å².